The average Bonchev–Trinajstić information content (AvgIpc) is 2.41. The molecule has 0 spiro atoms. The van der Waals surface area contributed by atoms with Crippen molar-refractivity contribution in [1.29, 1.82) is 0 Å². The third-order valence-electron chi connectivity index (χ3n) is 1.94. The van der Waals surface area contributed by atoms with E-state index in [0.29, 0.717) is 24.8 Å². The molecular weight excluding hydrogens is 440 g/mol. The van der Waals surface area contributed by atoms with Gasteiger partial charge in [0.1, 0.15) is 5.91 Å². The molecule has 0 aromatic heterocycles. The summed E-state index contributed by atoms with van der Waals surface area (Å²) in [4.78, 5) is 31.2. The zero-order valence-electron chi connectivity index (χ0n) is 12.8. The van der Waals surface area contributed by atoms with E-state index >= 15 is 0 Å². The number of allylic oxidation sites excluding steroid dienone is 3. The second-order valence-corrected chi connectivity index (χ2v) is 3.44. The summed E-state index contributed by atoms with van der Waals surface area (Å²) < 4.78 is 0. The summed E-state index contributed by atoms with van der Waals surface area (Å²) in [5.41, 5.74) is 5.32. The van der Waals surface area contributed by atoms with Crippen LogP contribution in [0.5, 0.6) is 0 Å². The molecular formula is C15H23N2O3W-. The van der Waals surface area contributed by atoms with Gasteiger partial charge in [-0.15, -0.1) is 24.3 Å². The predicted octanol–water partition coefficient (Wildman–Crippen LogP) is 1.80. The molecule has 3 N–H and O–H groups in total. The fourth-order valence-corrected chi connectivity index (χ4v) is 1.16. The van der Waals surface area contributed by atoms with Crippen LogP contribution in [0.4, 0.5) is 0 Å². The number of hydrogen-bond acceptors (Lipinski definition) is 3. The van der Waals surface area contributed by atoms with Gasteiger partial charge in [0.05, 0.1) is 0 Å². The first-order valence-corrected chi connectivity index (χ1v) is 6.50. The van der Waals surface area contributed by atoms with Crippen LogP contribution in [-0.2, 0) is 35.4 Å². The summed E-state index contributed by atoms with van der Waals surface area (Å²) in [5.74, 6) is -0.763. The third kappa shape index (κ3) is 14.7. The van der Waals surface area contributed by atoms with Gasteiger partial charge in [-0.25, -0.2) is 0 Å². The van der Waals surface area contributed by atoms with Crippen LogP contribution in [0, 0.1) is 6.08 Å². The van der Waals surface area contributed by atoms with Crippen molar-refractivity contribution in [3.63, 3.8) is 0 Å². The van der Waals surface area contributed by atoms with Gasteiger partial charge in [-0.3, -0.25) is 14.9 Å². The minimum atomic E-state index is -0.488. The maximum Gasteiger partial charge on any atom is 0.226 e. The van der Waals surface area contributed by atoms with E-state index in [1.807, 2.05) is 13.8 Å². The van der Waals surface area contributed by atoms with Gasteiger partial charge in [-0.1, -0.05) is 20.8 Å². The first-order valence-electron chi connectivity index (χ1n) is 6.50. The van der Waals surface area contributed by atoms with Gasteiger partial charge >= 0.3 is 0 Å². The van der Waals surface area contributed by atoms with E-state index in [1.165, 1.54) is 12.2 Å². The van der Waals surface area contributed by atoms with Crippen molar-refractivity contribution < 1.29 is 35.4 Å². The molecule has 0 aromatic rings. The second kappa shape index (κ2) is 16.6. The first-order chi connectivity index (χ1) is 9.51. The number of hydrogen-bond donors (Lipinski definition) is 2. The Morgan fingerprint density at radius 3 is 2.00 bits per heavy atom. The van der Waals surface area contributed by atoms with Crippen molar-refractivity contribution in [1.82, 2.24) is 5.32 Å². The van der Waals surface area contributed by atoms with Gasteiger partial charge < -0.3 is 10.5 Å². The standard InChI is InChI=1S/C8H10NO.C5H7NO2.C2H6.W/c1-3-5-7(6-4-2)8(9)10;7-4-2-1-3-5(8)6-4;1-2;/h3-5H,1H2,2H3,(H2,9,10);1-3H2,(H,6,7,8);1-2H3;/q-1;;;/b7-5+;;;. The van der Waals surface area contributed by atoms with E-state index in [9.17, 15) is 14.4 Å². The fraction of sp³-hybridized carbons (Fsp3) is 0.400. The van der Waals surface area contributed by atoms with Crippen molar-refractivity contribution in [3.8, 4) is 0 Å². The van der Waals surface area contributed by atoms with Gasteiger partial charge in [0.15, 0.2) is 0 Å². The minimum absolute atomic E-state index is 0. The molecule has 1 heterocycles. The van der Waals surface area contributed by atoms with Gasteiger partial charge in [0, 0.05) is 33.9 Å². The largest absolute Gasteiger partial charge is 0.418 e. The third-order valence-corrected chi connectivity index (χ3v) is 1.94. The Balaban J connectivity index is -0.000000268. The molecule has 3 amide bonds. The van der Waals surface area contributed by atoms with Crippen molar-refractivity contribution >= 4 is 17.7 Å². The number of nitrogens with two attached hydrogens (primary N) is 1. The Labute approximate surface area is 141 Å². The van der Waals surface area contributed by atoms with E-state index in [1.54, 1.807) is 13.0 Å². The topological polar surface area (TPSA) is 89.3 Å². The van der Waals surface area contributed by atoms with Crippen LogP contribution in [0.1, 0.15) is 40.0 Å². The average molecular weight is 463 g/mol. The quantitative estimate of drug-likeness (QED) is 0.290. The Bertz CT molecular complexity index is 388. The molecule has 0 bridgehead atoms. The summed E-state index contributed by atoms with van der Waals surface area (Å²) in [7, 11) is 0. The maximum absolute atomic E-state index is 10.5. The summed E-state index contributed by atoms with van der Waals surface area (Å²) in [6, 6.07) is 0. The molecule has 6 heteroatoms. The van der Waals surface area contributed by atoms with E-state index in [4.69, 9.17) is 5.73 Å². The molecule has 0 aromatic carbocycles. The van der Waals surface area contributed by atoms with Crippen molar-refractivity contribution in [2.75, 3.05) is 0 Å². The molecule has 1 saturated heterocycles. The summed E-state index contributed by atoms with van der Waals surface area (Å²) in [6.45, 7) is 9.19. The van der Waals surface area contributed by atoms with E-state index < -0.39 is 5.91 Å². The summed E-state index contributed by atoms with van der Waals surface area (Å²) >= 11 is 0. The molecule has 0 saturated carbocycles. The van der Waals surface area contributed by atoms with Crippen LogP contribution < -0.4 is 11.1 Å². The van der Waals surface area contributed by atoms with E-state index in [2.05, 4.69) is 18.0 Å². The maximum atomic E-state index is 10.5. The molecule has 1 aliphatic rings. The molecule has 0 radical (unpaired) electrons. The zero-order valence-corrected chi connectivity index (χ0v) is 15.7. The first kappa shape index (κ1) is 24.5. The Morgan fingerprint density at radius 2 is 1.76 bits per heavy atom. The molecule has 0 unspecified atom stereocenters. The van der Waals surface area contributed by atoms with Gasteiger partial charge in [0.2, 0.25) is 11.8 Å². The van der Waals surface area contributed by atoms with Crippen LogP contribution >= 0.6 is 0 Å². The summed E-state index contributed by atoms with van der Waals surface area (Å²) in [6.07, 6.45) is 9.04. The predicted molar refractivity (Wildman–Crippen MR) is 79.3 cm³/mol. The van der Waals surface area contributed by atoms with Crippen LogP contribution in [-0.4, -0.2) is 17.7 Å². The Morgan fingerprint density at radius 1 is 1.29 bits per heavy atom. The number of carbonyl (C=O) groups is 3. The van der Waals surface area contributed by atoms with Crippen LogP contribution in [0.15, 0.2) is 30.4 Å². The Kier molecular flexibility index (Phi) is 19.4. The molecule has 0 aliphatic carbocycles. The van der Waals surface area contributed by atoms with Crippen molar-refractivity contribution in [2.24, 2.45) is 5.73 Å². The van der Waals surface area contributed by atoms with Crippen molar-refractivity contribution in [2.45, 2.75) is 40.0 Å². The number of rotatable bonds is 3. The molecule has 1 rings (SSSR count). The number of primary amides is 1. The van der Waals surface area contributed by atoms with Crippen LogP contribution in [0.3, 0.4) is 0 Å². The molecule has 5 nitrogen and oxygen atoms in total. The number of imide groups is 1. The van der Waals surface area contributed by atoms with Crippen molar-refractivity contribution in [3.05, 3.63) is 36.5 Å². The van der Waals surface area contributed by atoms with Gasteiger partial charge in [-0.05, 0) is 6.42 Å². The number of nitrogens with one attached hydrogen (secondary N) is 1. The monoisotopic (exact) mass is 463 g/mol. The molecule has 1 fully saturated rings. The SMILES string of the molecule is C=C/C=C(\[C-]=CC)C(N)=O.CC.O=C1CCCC(=O)N1.[W]. The van der Waals surface area contributed by atoms with Gasteiger partial charge in [0.25, 0.3) is 0 Å². The van der Waals surface area contributed by atoms with E-state index in [0.717, 1.165) is 0 Å². The number of piperidine rings is 1. The smallest absolute Gasteiger partial charge is 0.226 e. The molecule has 21 heavy (non-hydrogen) atoms. The Hall–Kier alpha value is -1.48. The zero-order chi connectivity index (χ0) is 16.0. The van der Waals surface area contributed by atoms with E-state index in [-0.39, 0.29) is 32.9 Å². The normalized spacial score (nSPS) is 13.8. The molecule has 118 valence electrons. The number of amides is 3. The fourth-order valence-electron chi connectivity index (χ4n) is 1.16. The molecule has 1 aliphatic heterocycles. The van der Waals surface area contributed by atoms with Gasteiger partial charge in [-0.2, -0.15) is 12.2 Å². The second-order valence-electron chi connectivity index (χ2n) is 3.44. The molecule has 0 atom stereocenters. The number of carbonyl (C=O) groups excluding carboxylic acids is 3. The van der Waals surface area contributed by atoms with Crippen LogP contribution in [0.2, 0.25) is 0 Å². The minimum Gasteiger partial charge on any atom is -0.418 e. The van der Waals surface area contributed by atoms with Crippen LogP contribution in [0.25, 0.3) is 0 Å². The summed E-state index contributed by atoms with van der Waals surface area (Å²) in [5, 5.41) is 2.20.